The first-order valence-corrected chi connectivity index (χ1v) is 7.03. The van der Waals surface area contributed by atoms with E-state index >= 15 is 0 Å². The van der Waals surface area contributed by atoms with Gasteiger partial charge in [-0.3, -0.25) is 14.1 Å². The maximum absolute atomic E-state index is 10.3. The number of anilines is 2. The van der Waals surface area contributed by atoms with E-state index < -0.39 is 10.6 Å². The molecule has 1 aromatic rings. The molecule has 1 heterocycles. The van der Waals surface area contributed by atoms with Crippen molar-refractivity contribution in [3.63, 3.8) is 0 Å². The van der Waals surface area contributed by atoms with Crippen molar-refractivity contribution < 1.29 is 9.11 Å². The van der Waals surface area contributed by atoms with Crippen LogP contribution in [0.2, 0.25) is 0 Å². The molecule has 5 nitrogen and oxygen atoms in total. The number of rotatable bonds is 1. The first-order chi connectivity index (χ1) is 8.03. The zero-order valence-corrected chi connectivity index (χ0v) is 10.3. The van der Waals surface area contributed by atoms with E-state index in [1.54, 1.807) is 18.2 Å². The normalized spacial score (nSPS) is 17.6. The van der Waals surface area contributed by atoms with Gasteiger partial charge in [-0.1, -0.05) is 6.07 Å². The van der Waals surface area contributed by atoms with Gasteiger partial charge in [-0.15, -0.1) is 10.6 Å². The maximum atomic E-state index is 10.3. The molecule has 0 bridgehead atoms. The summed E-state index contributed by atoms with van der Waals surface area (Å²) in [5, 5.41) is 0.445. The molecule has 0 saturated heterocycles. The molecular formula is C11H17N3O2S. The van der Waals surface area contributed by atoms with E-state index in [0.29, 0.717) is 23.7 Å². The second-order valence-electron chi connectivity index (χ2n) is 4.04. The molecule has 0 saturated carbocycles. The fourth-order valence-corrected chi connectivity index (χ4v) is 3.49. The van der Waals surface area contributed by atoms with Gasteiger partial charge in [0, 0.05) is 13.0 Å². The van der Waals surface area contributed by atoms with Gasteiger partial charge < -0.3 is 11.5 Å². The number of benzene rings is 1. The molecule has 6 N–H and O–H groups in total. The van der Waals surface area contributed by atoms with Gasteiger partial charge in [0.25, 0.3) is 0 Å². The third-order valence-corrected chi connectivity index (χ3v) is 4.78. The van der Waals surface area contributed by atoms with E-state index in [4.69, 9.17) is 11.5 Å². The zero-order chi connectivity index (χ0) is 12.5. The highest BCUT2D eigenvalue weighted by molar-refractivity contribution is 8.37. The summed E-state index contributed by atoms with van der Waals surface area (Å²) in [5.41, 5.74) is 12.1. The summed E-state index contributed by atoms with van der Waals surface area (Å²) in [5.74, 6) is 0. The summed E-state index contributed by atoms with van der Waals surface area (Å²) >= 11 is 0. The summed E-state index contributed by atoms with van der Waals surface area (Å²) in [6, 6.07) is 4.90. The molecule has 0 aromatic heterocycles. The molecule has 1 aliphatic rings. The van der Waals surface area contributed by atoms with Crippen LogP contribution in [0.15, 0.2) is 28.1 Å². The van der Waals surface area contributed by atoms with Crippen molar-refractivity contribution in [3.05, 3.63) is 18.2 Å². The molecule has 0 atom stereocenters. The lowest BCUT2D eigenvalue weighted by atomic mass is 10.2. The highest BCUT2D eigenvalue weighted by Gasteiger charge is 2.26. The van der Waals surface area contributed by atoms with Crippen LogP contribution in [-0.4, -0.2) is 20.7 Å². The van der Waals surface area contributed by atoms with Crippen LogP contribution in [0.25, 0.3) is 0 Å². The smallest absolute Gasteiger partial charge is 0.123 e. The SMILES string of the molecule is Nc1cccc(S(O)(O)C2=NCCCC2)c1N. The Kier molecular flexibility index (Phi) is 3.28. The Bertz CT molecular complexity index is 460. The van der Waals surface area contributed by atoms with E-state index in [2.05, 4.69) is 4.99 Å². The largest absolute Gasteiger partial charge is 0.397 e. The summed E-state index contributed by atoms with van der Waals surface area (Å²) in [6.07, 6.45) is 2.53. The predicted molar refractivity (Wildman–Crippen MR) is 72.5 cm³/mol. The standard InChI is InChI=1S/C11H17N3O2S/c12-8-4-3-5-9(11(8)13)17(15,16)10-6-1-2-7-14-10/h3-5,15-16H,1-2,6-7,12-13H2. The molecule has 0 spiro atoms. The van der Waals surface area contributed by atoms with Crippen LogP contribution in [0.4, 0.5) is 11.4 Å². The van der Waals surface area contributed by atoms with Gasteiger partial charge in [0.05, 0.1) is 16.3 Å². The third kappa shape index (κ3) is 2.24. The summed E-state index contributed by atoms with van der Waals surface area (Å²) in [6.45, 7) is 0.646. The van der Waals surface area contributed by atoms with E-state index in [1.165, 1.54) is 0 Å². The number of hydrogen-bond donors (Lipinski definition) is 4. The van der Waals surface area contributed by atoms with Crippen LogP contribution in [0.5, 0.6) is 0 Å². The fourth-order valence-electron chi connectivity index (χ4n) is 1.84. The Morgan fingerprint density at radius 2 is 1.94 bits per heavy atom. The topological polar surface area (TPSA) is 105 Å². The van der Waals surface area contributed by atoms with Crippen LogP contribution in [0, 0.1) is 0 Å². The monoisotopic (exact) mass is 255 g/mol. The molecule has 94 valence electrons. The number of aliphatic imine (C=N–C) groups is 1. The quantitative estimate of drug-likeness (QED) is 0.579. The van der Waals surface area contributed by atoms with Crippen molar-refractivity contribution in [2.24, 2.45) is 4.99 Å². The van der Waals surface area contributed by atoms with Gasteiger partial charge in [0.2, 0.25) is 0 Å². The van der Waals surface area contributed by atoms with Gasteiger partial charge >= 0.3 is 0 Å². The summed E-state index contributed by atoms with van der Waals surface area (Å²) < 4.78 is 20.6. The third-order valence-electron chi connectivity index (χ3n) is 2.82. The number of hydrogen-bond acceptors (Lipinski definition) is 5. The van der Waals surface area contributed by atoms with E-state index in [-0.39, 0.29) is 10.6 Å². The van der Waals surface area contributed by atoms with Gasteiger partial charge in [-0.05, 0) is 25.0 Å². The van der Waals surface area contributed by atoms with E-state index in [9.17, 15) is 9.11 Å². The Hall–Kier alpha value is -1.24. The molecule has 1 aliphatic heterocycles. The van der Waals surface area contributed by atoms with Crippen molar-refractivity contribution >= 4 is 27.0 Å². The zero-order valence-electron chi connectivity index (χ0n) is 9.47. The molecule has 0 radical (unpaired) electrons. The van der Waals surface area contributed by atoms with Crippen LogP contribution in [0.3, 0.4) is 0 Å². The lowest BCUT2D eigenvalue weighted by Crippen LogP contribution is -2.17. The Morgan fingerprint density at radius 1 is 1.18 bits per heavy atom. The molecule has 17 heavy (non-hydrogen) atoms. The van der Waals surface area contributed by atoms with Crippen LogP contribution >= 0.6 is 10.6 Å². The van der Waals surface area contributed by atoms with E-state index in [1.807, 2.05) is 0 Å². The Morgan fingerprint density at radius 3 is 2.59 bits per heavy atom. The summed E-state index contributed by atoms with van der Waals surface area (Å²) in [4.78, 5) is 4.50. The van der Waals surface area contributed by atoms with Crippen molar-refractivity contribution in [1.82, 2.24) is 0 Å². The Labute approximate surface area is 102 Å². The molecule has 1 aromatic carbocycles. The minimum atomic E-state index is -3.07. The second kappa shape index (κ2) is 4.56. The molecule has 0 aliphatic carbocycles. The molecule has 0 fully saturated rings. The first kappa shape index (κ1) is 12.2. The van der Waals surface area contributed by atoms with Crippen LogP contribution in [-0.2, 0) is 0 Å². The van der Waals surface area contributed by atoms with Gasteiger partial charge in [-0.2, -0.15) is 0 Å². The first-order valence-electron chi connectivity index (χ1n) is 5.49. The maximum Gasteiger partial charge on any atom is 0.123 e. The lowest BCUT2D eigenvalue weighted by molar-refractivity contribution is 0.501. The van der Waals surface area contributed by atoms with Gasteiger partial charge in [0.1, 0.15) is 5.04 Å². The molecular weight excluding hydrogens is 238 g/mol. The van der Waals surface area contributed by atoms with Crippen molar-refractivity contribution in [2.75, 3.05) is 18.0 Å². The van der Waals surface area contributed by atoms with Crippen molar-refractivity contribution in [1.29, 1.82) is 0 Å². The second-order valence-corrected chi connectivity index (χ2v) is 6.05. The van der Waals surface area contributed by atoms with Crippen molar-refractivity contribution in [2.45, 2.75) is 24.2 Å². The number of nitrogen functional groups attached to an aromatic ring is 2. The predicted octanol–water partition coefficient (Wildman–Crippen LogP) is 2.54. The van der Waals surface area contributed by atoms with Crippen LogP contribution < -0.4 is 11.5 Å². The molecule has 2 rings (SSSR count). The van der Waals surface area contributed by atoms with Gasteiger partial charge in [-0.25, -0.2) is 0 Å². The average Bonchev–Trinajstić information content (AvgIpc) is 2.33. The van der Waals surface area contributed by atoms with Crippen molar-refractivity contribution in [3.8, 4) is 0 Å². The molecule has 0 unspecified atom stereocenters. The minimum absolute atomic E-state index is 0.237. The number of nitrogens with zero attached hydrogens (tertiary/aromatic N) is 1. The number of nitrogens with two attached hydrogens (primary N) is 2. The number of para-hydroxylation sites is 1. The lowest BCUT2D eigenvalue weighted by Gasteiger charge is -2.35. The molecule has 0 amide bonds. The van der Waals surface area contributed by atoms with E-state index in [0.717, 1.165) is 12.8 Å². The Balaban J connectivity index is 2.43. The minimum Gasteiger partial charge on any atom is -0.397 e. The summed E-state index contributed by atoms with van der Waals surface area (Å²) in [7, 11) is -3.07. The fraction of sp³-hybridized carbons (Fsp3) is 0.364. The highest BCUT2D eigenvalue weighted by atomic mass is 32.3. The average molecular weight is 255 g/mol. The van der Waals surface area contributed by atoms with Crippen LogP contribution in [0.1, 0.15) is 19.3 Å². The van der Waals surface area contributed by atoms with Gasteiger partial charge in [0.15, 0.2) is 0 Å². The highest BCUT2D eigenvalue weighted by Crippen LogP contribution is 2.54. The molecule has 6 heteroatoms.